The second-order valence-corrected chi connectivity index (χ2v) is 6.31. The lowest BCUT2D eigenvalue weighted by molar-refractivity contribution is 0.474. The van der Waals surface area contributed by atoms with Crippen LogP contribution in [0.15, 0.2) is 55.3 Å². The lowest BCUT2D eigenvalue weighted by atomic mass is 10.2. The fourth-order valence-corrected chi connectivity index (χ4v) is 2.46. The lowest BCUT2D eigenvalue weighted by Crippen LogP contribution is -1.91. The Hall–Kier alpha value is -1.66. The average Bonchev–Trinajstić information content (AvgIpc) is 2.49. The summed E-state index contributed by atoms with van der Waals surface area (Å²) in [6.07, 6.45) is 3.23. The van der Waals surface area contributed by atoms with Gasteiger partial charge < -0.3 is 10.2 Å². The van der Waals surface area contributed by atoms with E-state index in [4.69, 9.17) is 0 Å². The predicted molar refractivity (Wildman–Crippen MR) is 96.5 cm³/mol. The summed E-state index contributed by atoms with van der Waals surface area (Å²) >= 11 is 6.69. The van der Waals surface area contributed by atoms with Crippen molar-refractivity contribution >= 4 is 44.3 Å². The Bertz CT molecular complexity index is 654. The highest BCUT2D eigenvalue weighted by Crippen LogP contribution is 2.20. The van der Waals surface area contributed by atoms with Crippen LogP contribution in [0.2, 0.25) is 0 Å². The van der Waals surface area contributed by atoms with Crippen LogP contribution in [0.4, 0.5) is 0 Å². The number of hydrogen-bond donors (Lipinski definition) is 2. The molecule has 22 heavy (non-hydrogen) atoms. The van der Waals surface area contributed by atoms with Gasteiger partial charge >= 0.3 is 0 Å². The van der Waals surface area contributed by atoms with Gasteiger partial charge in [0.15, 0.2) is 0 Å². The molecule has 2 N–H and O–H groups in total. The third-order valence-corrected chi connectivity index (χ3v) is 3.78. The number of benzene rings is 2. The molecule has 6 heteroatoms. The summed E-state index contributed by atoms with van der Waals surface area (Å²) in [5.74, 6) is 0.379. The van der Waals surface area contributed by atoms with Crippen molar-refractivity contribution in [1.29, 1.82) is 0 Å². The summed E-state index contributed by atoms with van der Waals surface area (Å²) in [4.78, 5) is 8.45. The maximum atomic E-state index is 9.67. The van der Waals surface area contributed by atoms with Gasteiger partial charge in [0.1, 0.15) is 11.5 Å². The first-order chi connectivity index (χ1) is 10.6. The molecule has 0 radical (unpaired) electrons. The molecule has 0 atom stereocenters. The molecule has 2 aromatic rings. The molecule has 114 valence electrons. The normalized spacial score (nSPS) is 11.5. The van der Waals surface area contributed by atoms with Crippen LogP contribution in [0, 0.1) is 0 Å². The van der Waals surface area contributed by atoms with Crippen molar-refractivity contribution in [2.45, 2.75) is 0 Å². The Morgan fingerprint density at radius 3 is 1.59 bits per heavy atom. The second kappa shape index (κ2) is 8.10. The fraction of sp³-hybridized carbons (Fsp3) is 0.125. The molecule has 4 nitrogen and oxygen atoms in total. The van der Waals surface area contributed by atoms with Gasteiger partial charge in [0.2, 0.25) is 0 Å². The molecular weight excluding hydrogens is 412 g/mol. The molecule has 0 aromatic heterocycles. The summed E-state index contributed by atoms with van der Waals surface area (Å²) in [5.41, 5.74) is 1.31. The number of nitrogens with zero attached hydrogens (tertiary/aromatic N) is 2. The van der Waals surface area contributed by atoms with E-state index in [0.717, 1.165) is 8.95 Å². The van der Waals surface area contributed by atoms with Crippen molar-refractivity contribution in [3.05, 3.63) is 56.5 Å². The van der Waals surface area contributed by atoms with Gasteiger partial charge in [-0.05, 0) is 36.4 Å². The van der Waals surface area contributed by atoms with Crippen molar-refractivity contribution in [2.24, 2.45) is 9.98 Å². The minimum atomic E-state index is 0.189. The Morgan fingerprint density at radius 1 is 0.773 bits per heavy atom. The van der Waals surface area contributed by atoms with E-state index >= 15 is 0 Å². The molecule has 2 aromatic carbocycles. The Kier molecular flexibility index (Phi) is 6.15. The smallest absolute Gasteiger partial charge is 0.124 e. The third-order valence-electron chi connectivity index (χ3n) is 2.80. The van der Waals surface area contributed by atoms with Crippen molar-refractivity contribution in [3.63, 3.8) is 0 Å². The van der Waals surface area contributed by atoms with E-state index in [9.17, 15) is 10.2 Å². The standard InChI is InChI=1S/C16H14Br2N2O2/c17-13-1-3-15(21)11(7-13)9-19-5-6-20-10-12-8-14(18)2-4-16(12)22/h1-4,7-10,21-22H,5-6H2. The van der Waals surface area contributed by atoms with Gasteiger partial charge in [-0.1, -0.05) is 31.9 Å². The average molecular weight is 426 g/mol. The zero-order chi connectivity index (χ0) is 15.9. The van der Waals surface area contributed by atoms with Crippen LogP contribution in [-0.4, -0.2) is 35.7 Å². The summed E-state index contributed by atoms with van der Waals surface area (Å²) in [7, 11) is 0. The number of phenolic OH excluding ortho intramolecular Hbond substituents is 2. The number of phenols is 2. The van der Waals surface area contributed by atoms with E-state index in [1.807, 2.05) is 0 Å². The molecule has 2 rings (SSSR count). The molecule has 0 aliphatic heterocycles. The molecule has 0 aliphatic rings. The summed E-state index contributed by atoms with van der Waals surface area (Å²) in [6.45, 7) is 0.994. The zero-order valence-electron chi connectivity index (χ0n) is 11.6. The van der Waals surface area contributed by atoms with Crippen LogP contribution in [0.3, 0.4) is 0 Å². The topological polar surface area (TPSA) is 65.2 Å². The predicted octanol–water partition coefficient (Wildman–Crippen LogP) is 4.16. The minimum Gasteiger partial charge on any atom is -0.507 e. The lowest BCUT2D eigenvalue weighted by Gasteiger charge is -1.99. The first-order valence-corrected chi connectivity index (χ1v) is 8.11. The number of aliphatic imine (C=N–C) groups is 2. The summed E-state index contributed by atoms with van der Waals surface area (Å²) in [5, 5.41) is 19.3. The monoisotopic (exact) mass is 424 g/mol. The molecule has 0 spiro atoms. The number of halogens is 2. The van der Waals surface area contributed by atoms with Crippen LogP contribution >= 0.6 is 31.9 Å². The van der Waals surface area contributed by atoms with Gasteiger partial charge in [-0.3, -0.25) is 9.98 Å². The van der Waals surface area contributed by atoms with Crippen LogP contribution in [0.1, 0.15) is 11.1 Å². The molecular formula is C16H14Br2N2O2. The first kappa shape index (κ1) is 16.7. The molecule has 0 amide bonds. The molecule has 0 aliphatic carbocycles. The molecule has 0 heterocycles. The third kappa shape index (κ3) is 4.96. The van der Waals surface area contributed by atoms with Gasteiger partial charge in [-0.15, -0.1) is 0 Å². The highest BCUT2D eigenvalue weighted by molar-refractivity contribution is 9.10. The van der Waals surface area contributed by atoms with Crippen LogP contribution in [0.5, 0.6) is 11.5 Å². The number of aromatic hydroxyl groups is 2. The largest absolute Gasteiger partial charge is 0.507 e. The van der Waals surface area contributed by atoms with Gasteiger partial charge in [0.25, 0.3) is 0 Å². The van der Waals surface area contributed by atoms with Gasteiger partial charge in [-0.2, -0.15) is 0 Å². The maximum absolute atomic E-state index is 9.67. The Balaban J connectivity index is 1.89. The highest BCUT2D eigenvalue weighted by Gasteiger charge is 1.99. The molecule has 0 fully saturated rings. The molecule has 0 saturated heterocycles. The Labute approximate surface area is 145 Å². The van der Waals surface area contributed by atoms with Gasteiger partial charge in [0, 0.05) is 32.5 Å². The van der Waals surface area contributed by atoms with E-state index < -0.39 is 0 Å². The van der Waals surface area contributed by atoms with E-state index in [0.29, 0.717) is 24.2 Å². The van der Waals surface area contributed by atoms with E-state index in [1.54, 1.807) is 48.8 Å². The maximum Gasteiger partial charge on any atom is 0.124 e. The van der Waals surface area contributed by atoms with Crippen molar-refractivity contribution in [3.8, 4) is 11.5 Å². The number of hydrogen-bond acceptors (Lipinski definition) is 4. The SMILES string of the molecule is Oc1ccc(Br)cc1C=NCCN=Cc1cc(Br)ccc1O. The molecule has 0 unspecified atom stereocenters. The quantitative estimate of drug-likeness (QED) is 0.557. The van der Waals surface area contributed by atoms with E-state index in [1.165, 1.54) is 0 Å². The highest BCUT2D eigenvalue weighted by atomic mass is 79.9. The zero-order valence-corrected chi connectivity index (χ0v) is 14.7. The van der Waals surface area contributed by atoms with E-state index in [2.05, 4.69) is 41.8 Å². The van der Waals surface area contributed by atoms with Crippen molar-refractivity contribution in [1.82, 2.24) is 0 Å². The fourth-order valence-electron chi connectivity index (χ4n) is 1.70. The van der Waals surface area contributed by atoms with Crippen molar-refractivity contribution in [2.75, 3.05) is 13.1 Å². The molecule has 0 saturated carbocycles. The number of rotatable bonds is 5. The van der Waals surface area contributed by atoms with Gasteiger partial charge in [-0.25, -0.2) is 0 Å². The van der Waals surface area contributed by atoms with Crippen LogP contribution < -0.4 is 0 Å². The minimum absolute atomic E-state index is 0.189. The first-order valence-electron chi connectivity index (χ1n) is 6.53. The summed E-state index contributed by atoms with van der Waals surface area (Å²) < 4.78 is 1.77. The second-order valence-electron chi connectivity index (χ2n) is 4.48. The Morgan fingerprint density at radius 2 is 1.18 bits per heavy atom. The van der Waals surface area contributed by atoms with Crippen molar-refractivity contribution < 1.29 is 10.2 Å². The summed E-state index contributed by atoms with van der Waals surface area (Å²) in [6, 6.07) is 10.3. The molecule has 0 bridgehead atoms. The van der Waals surface area contributed by atoms with Crippen LogP contribution in [0.25, 0.3) is 0 Å². The van der Waals surface area contributed by atoms with Gasteiger partial charge in [0.05, 0.1) is 13.1 Å². The van der Waals surface area contributed by atoms with E-state index in [-0.39, 0.29) is 11.5 Å². The van der Waals surface area contributed by atoms with Crippen LogP contribution in [-0.2, 0) is 0 Å².